The molecule has 0 saturated carbocycles. The maximum Gasteiger partial charge on any atom is 0.254 e. The normalized spacial score (nSPS) is 15.7. The van der Waals surface area contributed by atoms with Crippen LogP contribution in [0.5, 0.6) is 0 Å². The third kappa shape index (κ3) is 6.52. The zero-order valence-electron chi connectivity index (χ0n) is 30.0. The van der Waals surface area contributed by atoms with E-state index in [-0.39, 0.29) is 11.8 Å². The van der Waals surface area contributed by atoms with E-state index in [1.807, 2.05) is 23.2 Å². The van der Waals surface area contributed by atoms with E-state index in [9.17, 15) is 9.59 Å². The fourth-order valence-electron chi connectivity index (χ4n) is 8.14. The molecule has 2 amide bonds. The smallest absolute Gasteiger partial charge is 0.254 e. The van der Waals surface area contributed by atoms with Gasteiger partial charge in [-0.1, -0.05) is 46.4 Å². The Balaban J connectivity index is 0.000000144. The summed E-state index contributed by atoms with van der Waals surface area (Å²) in [6, 6.07) is 10.0. The molecule has 282 valence electrons. The number of carbonyl (C=O) groups excluding carboxylic acids is 2. The number of H-pyrrole nitrogens is 1. The largest absolute Gasteiger partial charge is 0.348 e. The molecule has 1 N–H and O–H groups in total. The number of halogens is 4. The van der Waals surface area contributed by atoms with Gasteiger partial charge in [0.2, 0.25) is 0 Å². The first kappa shape index (κ1) is 36.0. The number of fused-ring (bicyclic) bond motifs is 10. The second-order valence-electron chi connectivity index (χ2n) is 14.3. The van der Waals surface area contributed by atoms with Crippen molar-refractivity contribution in [3.05, 3.63) is 114 Å². The fraction of sp³-hybridized carbons (Fsp3) is 0.333. The predicted molar refractivity (Wildman–Crippen MR) is 211 cm³/mol. The lowest BCUT2D eigenvalue weighted by atomic mass is 10.0. The highest BCUT2D eigenvalue weighted by Gasteiger charge is 2.33. The van der Waals surface area contributed by atoms with Crippen molar-refractivity contribution < 1.29 is 9.59 Å². The number of aryl methyl sites for hydroxylation is 4. The van der Waals surface area contributed by atoms with Crippen LogP contribution in [0.1, 0.15) is 67.5 Å². The highest BCUT2D eigenvalue weighted by atomic mass is 35.5. The lowest BCUT2D eigenvalue weighted by molar-refractivity contribution is 0.0727. The van der Waals surface area contributed by atoms with Crippen LogP contribution >= 0.6 is 46.4 Å². The molecule has 10 rings (SSSR count). The van der Waals surface area contributed by atoms with Gasteiger partial charge < -0.3 is 19.4 Å². The number of nitrogens with one attached hydrogen (secondary N) is 1. The van der Waals surface area contributed by atoms with E-state index in [2.05, 4.69) is 28.9 Å². The molecule has 0 fully saturated rings. The van der Waals surface area contributed by atoms with Crippen LogP contribution in [0.25, 0.3) is 22.8 Å². The maximum atomic E-state index is 13.1. The Labute approximate surface area is 337 Å². The number of rotatable bonds is 2. The van der Waals surface area contributed by atoms with Gasteiger partial charge in [0.1, 0.15) is 11.4 Å². The van der Waals surface area contributed by atoms with Crippen LogP contribution in [0, 0.1) is 0 Å². The predicted octanol–water partition coefficient (Wildman–Crippen LogP) is 7.46. The summed E-state index contributed by atoms with van der Waals surface area (Å²) in [6.45, 7) is 4.07. The van der Waals surface area contributed by atoms with Gasteiger partial charge in [0.05, 0.1) is 68.6 Å². The van der Waals surface area contributed by atoms with Crippen LogP contribution in [-0.4, -0.2) is 73.8 Å². The molecule has 0 radical (unpaired) electrons. The van der Waals surface area contributed by atoms with Crippen LogP contribution < -0.4 is 0 Å². The Morgan fingerprint density at radius 1 is 0.655 bits per heavy atom. The summed E-state index contributed by atoms with van der Waals surface area (Å²) >= 11 is 24.2. The molecule has 6 aromatic rings. The number of hydrogen-bond donors (Lipinski definition) is 1. The third-order valence-electron chi connectivity index (χ3n) is 10.9. The summed E-state index contributed by atoms with van der Waals surface area (Å²) in [5.74, 6) is -0.0888. The number of aromatic amines is 1. The average Bonchev–Trinajstić information content (AvgIpc) is 3.92. The summed E-state index contributed by atoms with van der Waals surface area (Å²) in [6.07, 6.45) is 9.07. The molecule has 55 heavy (non-hydrogen) atoms. The molecule has 2 aromatic carbocycles. The lowest BCUT2D eigenvalue weighted by Crippen LogP contribution is -2.36. The fourth-order valence-corrected chi connectivity index (χ4v) is 8.74. The molecule has 8 heterocycles. The second-order valence-corrected chi connectivity index (χ2v) is 15.9. The topological polar surface area (TPSA) is 123 Å². The Morgan fingerprint density at radius 2 is 1.20 bits per heavy atom. The molecule has 0 saturated heterocycles. The molecular formula is C39H36Cl4N10O2. The van der Waals surface area contributed by atoms with Crippen molar-refractivity contribution in [1.29, 1.82) is 0 Å². The summed E-state index contributed by atoms with van der Waals surface area (Å²) < 4.78 is 6.23. The molecule has 12 nitrogen and oxygen atoms in total. The minimum Gasteiger partial charge on any atom is -0.348 e. The van der Waals surface area contributed by atoms with Gasteiger partial charge in [0.15, 0.2) is 0 Å². The summed E-state index contributed by atoms with van der Waals surface area (Å²) in [7, 11) is 2.03. The zero-order chi connectivity index (χ0) is 38.0. The van der Waals surface area contributed by atoms with Gasteiger partial charge in [-0.15, -0.1) is 0 Å². The average molecular weight is 819 g/mol. The molecule has 4 aliphatic rings. The molecule has 0 bridgehead atoms. The van der Waals surface area contributed by atoms with Gasteiger partial charge in [0, 0.05) is 79.7 Å². The summed E-state index contributed by atoms with van der Waals surface area (Å²) in [5, 5.41) is 11.3. The molecule has 4 aliphatic heterocycles. The van der Waals surface area contributed by atoms with Crippen molar-refractivity contribution in [2.24, 2.45) is 7.05 Å². The molecule has 0 aliphatic carbocycles. The van der Waals surface area contributed by atoms with E-state index in [1.54, 1.807) is 42.7 Å². The van der Waals surface area contributed by atoms with Crippen LogP contribution in [0.15, 0.2) is 49.1 Å². The monoisotopic (exact) mass is 816 g/mol. The highest BCUT2D eigenvalue weighted by molar-refractivity contribution is 6.42. The van der Waals surface area contributed by atoms with Crippen molar-refractivity contribution >= 4 is 58.2 Å². The Bertz CT molecular complexity index is 2500. The van der Waals surface area contributed by atoms with Crippen molar-refractivity contribution in [3.8, 4) is 22.8 Å². The molecular weight excluding hydrogens is 782 g/mol. The number of carbonyl (C=O) groups is 2. The molecule has 0 unspecified atom stereocenters. The van der Waals surface area contributed by atoms with Gasteiger partial charge in [-0.2, -0.15) is 10.2 Å². The Kier molecular flexibility index (Phi) is 9.48. The number of aromatic nitrogens is 8. The van der Waals surface area contributed by atoms with Gasteiger partial charge in [0.25, 0.3) is 11.8 Å². The van der Waals surface area contributed by atoms with Gasteiger partial charge in [-0.25, -0.2) is 9.97 Å². The number of amides is 2. The van der Waals surface area contributed by atoms with E-state index in [1.165, 1.54) is 5.69 Å². The quantitative estimate of drug-likeness (QED) is 0.194. The lowest BCUT2D eigenvalue weighted by Gasteiger charge is -2.27. The van der Waals surface area contributed by atoms with Crippen LogP contribution in [0.3, 0.4) is 0 Å². The van der Waals surface area contributed by atoms with Crippen molar-refractivity contribution in [2.45, 2.75) is 64.7 Å². The Morgan fingerprint density at radius 3 is 1.76 bits per heavy atom. The van der Waals surface area contributed by atoms with Crippen LogP contribution in [0.2, 0.25) is 20.1 Å². The third-order valence-corrected chi connectivity index (χ3v) is 12.4. The number of hydrogen-bond acceptors (Lipinski definition) is 6. The van der Waals surface area contributed by atoms with Gasteiger partial charge in [-0.05, 0) is 62.1 Å². The molecule has 0 spiro atoms. The summed E-state index contributed by atoms with van der Waals surface area (Å²) in [4.78, 5) is 42.2. The van der Waals surface area contributed by atoms with Crippen LogP contribution in [-0.2, 0) is 58.9 Å². The first-order chi connectivity index (χ1) is 26.6. The van der Waals surface area contributed by atoms with E-state index in [0.717, 1.165) is 103 Å². The number of nitrogens with zero attached hydrogens (tertiary/aromatic N) is 9. The Hall–Kier alpha value is -4.62. The van der Waals surface area contributed by atoms with E-state index in [0.29, 0.717) is 57.4 Å². The minimum absolute atomic E-state index is 0.0426. The van der Waals surface area contributed by atoms with E-state index < -0.39 is 0 Å². The SMILES string of the molecule is Cn1cnc2c1CCCn1nc3c(c1-2)CN(C(=O)c1ccc(Cl)c(Cl)c1)CC3.O=C(c1ccc(Cl)c(Cl)c1)N1CCc2nn3c(c2C1)-c1nc[nH]c1CCC3. The van der Waals surface area contributed by atoms with Crippen molar-refractivity contribution in [2.75, 3.05) is 13.1 Å². The summed E-state index contributed by atoms with van der Waals surface area (Å²) in [5.41, 5.74) is 11.9. The number of benzene rings is 2. The first-order valence-electron chi connectivity index (χ1n) is 18.3. The van der Waals surface area contributed by atoms with Crippen molar-refractivity contribution in [1.82, 2.24) is 48.9 Å². The standard InChI is InChI=1S/C20H19Cl2N5O.C19H17Cl2N5O/c1-25-11-23-18-17(25)3-2-7-27-19(18)13-10-26(8-6-16(13)24-27)20(28)12-4-5-14(21)15(22)9-12;20-13-4-3-11(8-14(13)21)19(27)25-7-5-15-12(9-25)18-17-16(22-10-23-17)2-1-6-26(18)24-15/h4-5,9,11H,2-3,6-8,10H2,1H3;3-4,8,10H,1-2,5-7,9H2,(H,22,23). The van der Waals surface area contributed by atoms with Crippen LogP contribution in [0.4, 0.5) is 0 Å². The first-order valence-corrected chi connectivity index (χ1v) is 19.8. The zero-order valence-corrected chi connectivity index (χ0v) is 33.0. The van der Waals surface area contributed by atoms with E-state index >= 15 is 0 Å². The molecule has 4 aromatic heterocycles. The number of imidazole rings is 2. The molecule has 0 atom stereocenters. The maximum absolute atomic E-state index is 13.1. The van der Waals surface area contributed by atoms with Gasteiger partial charge in [-0.3, -0.25) is 19.0 Å². The van der Waals surface area contributed by atoms with E-state index in [4.69, 9.17) is 56.6 Å². The highest BCUT2D eigenvalue weighted by Crippen LogP contribution is 2.36. The minimum atomic E-state index is -0.0463. The van der Waals surface area contributed by atoms with Crippen molar-refractivity contribution in [3.63, 3.8) is 0 Å². The van der Waals surface area contributed by atoms with Gasteiger partial charge >= 0.3 is 0 Å². The molecule has 16 heteroatoms. The second kappa shape index (κ2) is 14.5.